The van der Waals surface area contributed by atoms with Crippen LogP contribution < -0.4 is 10.6 Å². The maximum absolute atomic E-state index is 12.8. The van der Waals surface area contributed by atoms with E-state index in [1.807, 2.05) is 0 Å². The van der Waals surface area contributed by atoms with Crippen molar-refractivity contribution in [3.63, 3.8) is 0 Å². The number of aromatic nitrogens is 1. The number of amides is 2. The Balaban J connectivity index is 2.35. The summed E-state index contributed by atoms with van der Waals surface area (Å²) in [5, 5.41) is 4.75. The molecule has 0 bridgehead atoms. The Kier molecular flexibility index (Phi) is 6.66. The molecule has 6 nitrogen and oxygen atoms in total. The molecule has 0 spiro atoms. The number of nitrogens with zero attached hydrogens (tertiary/aromatic N) is 1. The van der Waals surface area contributed by atoms with Gasteiger partial charge in [-0.2, -0.15) is 13.2 Å². The molecule has 10 heteroatoms. The Labute approximate surface area is 176 Å². The third kappa shape index (κ3) is 4.84. The minimum atomic E-state index is -4.69. The maximum atomic E-state index is 12.8. The Morgan fingerprint density at radius 3 is 2.23 bits per heavy atom. The minimum absolute atomic E-state index is 0.148. The van der Waals surface area contributed by atoms with E-state index < -0.39 is 29.8 Å². The summed E-state index contributed by atoms with van der Waals surface area (Å²) < 4.78 is 39.3. The van der Waals surface area contributed by atoms with Crippen LogP contribution in [0.3, 0.4) is 0 Å². The number of hydrogen-bond donors (Lipinski definition) is 2. The van der Waals surface area contributed by atoms with Gasteiger partial charge in [-0.1, -0.05) is 11.6 Å². The zero-order valence-corrected chi connectivity index (χ0v) is 17.7. The lowest BCUT2D eigenvalue weighted by Crippen LogP contribution is -2.46. The Morgan fingerprint density at radius 2 is 1.70 bits per heavy atom. The maximum Gasteiger partial charge on any atom is 0.408 e. The highest BCUT2D eigenvalue weighted by atomic mass is 35.5. The van der Waals surface area contributed by atoms with Crippen molar-refractivity contribution in [2.24, 2.45) is 7.05 Å². The van der Waals surface area contributed by atoms with Gasteiger partial charge in [-0.05, 0) is 57.0 Å². The van der Waals surface area contributed by atoms with Crippen LogP contribution in [0.15, 0.2) is 18.2 Å². The predicted molar refractivity (Wildman–Crippen MR) is 107 cm³/mol. The molecule has 1 aromatic heterocycles. The van der Waals surface area contributed by atoms with Crippen molar-refractivity contribution >= 4 is 34.9 Å². The molecule has 30 heavy (non-hydrogen) atoms. The van der Waals surface area contributed by atoms with E-state index in [2.05, 4.69) is 5.32 Å². The van der Waals surface area contributed by atoms with Gasteiger partial charge in [0, 0.05) is 23.5 Å². The number of benzene rings is 1. The second-order valence-corrected chi connectivity index (χ2v) is 7.47. The highest BCUT2D eigenvalue weighted by Gasteiger charge is 2.39. The third-order valence-electron chi connectivity index (χ3n) is 4.72. The molecule has 1 heterocycles. The van der Waals surface area contributed by atoms with Gasteiger partial charge in [0.2, 0.25) is 0 Å². The summed E-state index contributed by atoms with van der Waals surface area (Å²) in [6.45, 7) is 5.56. The van der Waals surface area contributed by atoms with Gasteiger partial charge in [-0.3, -0.25) is 14.4 Å². The highest BCUT2D eigenvalue weighted by Crippen LogP contribution is 2.25. The molecule has 2 rings (SSSR count). The van der Waals surface area contributed by atoms with Gasteiger partial charge in [0.05, 0.1) is 11.3 Å². The molecular weight excluding hydrogens is 423 g/mol. The summed E-state index contributed by atoms with van der Waals surface area (Å²) in [6.07, 6.45) is -4.69. The van der Waals surface area contributed by atoms with E-state index in [1.54, 1.807) is 37.4 Å². The number of aryl methyl sites for hydroxylation is 1. The van der Waals surface area contributed by atoms with E-state index in [1.165, 1.54) is 18.5 Å². The first-order chi connectivity index (χ1) is 13.7. The zero-order valence-electron chi connectivity index (χ0n) is 17.0. The number of Topliss-reactive ketones (excluding diaryl/α,β-unsaturated/α-hetero) is 1. The SMILES string of the molecule is Cc1cc(Cl)cc(NC(=O)c2c(C)c(C(=O)C(=O)NC(C)C(F)(F)F)n(C)c2C)c1. The van der Waals surface area contributed by atoms with Crippen LogP contribution in [0.2, 0.25) is 5.02 Å². The van der Waals surface area contributed by atoms with Crippen molar-refractivity contribution in [2.75, 3.05) is 5.32 Å². The van der Waals surface area contributed by atoms with Crippen molar-refractivity contribution in [3.8, 4) is 0 Å². The number of alkyl halides is 3. The fourth-order valence-corrected chi connectivity index (χ4v) is 3.38. The third-order valence-corrected chi connectivity index (χ3v) is 4.94. The molecule has 2 N–H and O–H groups in total. The minimum Gasteiger partial charge on any atom is -0.344 e. The summed E-state index contributed by atoms with van der Waals surface area (Å²) in [5.74, 6) is -3.10. The Morgan fingerprint density at radius 1 is 1.10 bits per heavy atom. The van der Waals surface area contributed by atoms with Crippen LogP contribution in [0, 0.1) is 20.8 Å². The lowest BCUT2D eigenvalue weighted by molar-refractivity contribution is -0.156. The van der Waals surface area contributed by atoms with Crippen molar-refractivity contribution in [1.82, 2.24) is 9.88 Å². The molecule has 1 aromatic carbocycles. The lowest BCUT2D eigenvalue weighted by atomic mass is 10.1. The van der Waals surface area contributed by atoms with Crippen LogP contribution in [0.5, 0.6) is 0 Å². The van der Waals surface area contributed by atoms with Crippen molar-refractivity contribution in [2.45, 2.75) is 39.9 Å². The number of anilines is 1. The molecule has 0 aliphatic rings. The second-order valence-electron chi connectivity index (χ2n) is 7.03. The molecular formula is C20H21ClF3N3O3. The fourth-order valence-electron chi connectivity index (χ4n) is 3.09. The normalized spacial score (nSPS) is 12.4. The topological polar surface area (TPSA) is 80.2 Å². The van der Waals surface area contributed by atoms with E-state index >= 15 is 0 Å². The van der Waals surface area contributed by atoms with Crippen molar-refractivity contribution in [3.05, 3.63) is 51.3 Å². The second kappa shape index (κ2) is 8.51. The average molecular weight is 444 g/mol. The van der Waals surface area contributed by atoms with Crippen molar-refractivity contribution in [1.29, 1.82) is 0 Å². The van der Waals surface area contributed by atoms with Gasteiger partial charge >= 0.3 is 6.18 Å². The van der Waals surface area contributed by atoms with Crippen LogP contribution in [0.4, 0.5) is 18.9 Å². The fraction of sp³-hybridized carbons (Fsp3) is 0.350. The van der Waals surface area contributed by atoms with Gasteiger partial charge in [0.1, 0.15) is 6.04 Å². The number of nitrogens with one attached hydrogen (secondary N) is 2. The van der Waals surface area contributed by atoms with Gasteiger partial charge < -0.3 is 15.2 Å². The molecule has 2 aromatic rings. The standard InChI is InChI=1S/C20H21ClF3N3O3/c1-9-6-13(21)8-14(7-9)26-18(29)15-10(2)16(27(5)11(15)3)17(28)19(30)25-12(4)20(22,23)24/h6-8,12H,1-5H3,(H,25,30)(H,26,29). The van der Waals surface area contributed by atoms with Crippen LogP contribution in [-0.4, -0.2) is 34.4 Å². The summed E-state index contributed by atoms with van der Waals surface area (Å²) >= 11 is 6.00. The molecule has 0 saturated carbocycles. The molecule has 2 amide bonds. The van der Waals surface area contributed by atoms with Gasteiger partial charge in [-0.25, -0.2) is 0 Å². The Bertz CT molecular complexity index is 1010. The number of carbonyl (C=O) groups is 3. The average Bonchev–Trinajstić information content (AvgIpc) is 2.81. The zero-order chi connectivity index (χ0) is 23.0. The first-order valence-corrected chi connectivity index (χ1v) is 9.28. The van der Waals surface area contributed by atoms with Crippen LogP contribution >= 0.6 is 11.6 Å². The molecule has 0 fully saturated rings. The summed E-state index contributed by atoms with van der Waals surface area (Å²) in [5.41, 5.74) is 1.82. The first kappa shape index (κ1) is 23.5. The molecule has 1 atom stereocenters. The monoisotopic (exact) mass is 443 g/mol. The smallest absolute Gasteiger partial charge is 0.344 e. The Hall–Kier alpha value is -2.81. The van der Waals surface area contributed by atoms with Gasteiger partial charge in [-0.15, -0.1) is 0 Å². The van der Waals surface area contributed by atoms with Crippen LogP contribution in [0.25, 0.3) is 0 Å². The molecule has 162 valence electrons. The number of rotatable bonds is 5. The van der Waals surface area contributed by atoms with Gasteiger partial charge in [0.25, 0.3) is 17.6 Å². The number of halogens is 4. The number of hydrogen-bond acceptors (Lipinski definition) is 3. The number of carbonyl (C=O) groups excluding carboxylic acids is 3. The quantitative estimate of drug-likeness (QED) is 0.539. The van der Waals surface area contributed by atoms with Crippen LogP contribution in [-0.2, 0) is 11.8 Å². The van der Waals surface area contributed by atoms with E-state index in [0.717, 1.165) is 12.5 Å². The van der Waals surface area contributed by atoms with E-state index in [0.29, 0.717) is 16.4 Å². The van der Waals surface area contributed by atoms with Crippen molar-refractivity contribution < 1.29 is 27.6 Å². The van der Waals surface area contributed by atoms with Crippen LogP contribution in [0.1, 0.15) is 44.6 Å². The number of ketones is 1. The highest BCUT2D eigenvalue weighted by molar-refractivity contribution is 6.43. The van der Waals surface area contributed by atoms with E-state index in [-0.39, 0.29) is 16.8 Å². The summed E-state index contributed by atoms with van der Waals surface area (Å²) in [6, 6.07) is 2.78. The largest absolute Gasteiger partial charge is 0.408 e. The van der Waals surface area contributed by atoms with E-state index in [4.69, 9.17) is 11.6 Å². The summed E-state index contributed by atoms with van der Waals surface area (Å²) in [4.78, 5) is 37.4. The molecule has 0 radical (unpaired) electrons. The molecule has 1 unspecified atom stereocenters. The molecule has 0 saturated heterocycles. The van der Waals surface area contributed by atoms with E-state index in [9.17, 15) is 27.6 Å². The summed E-state index contributed by atoms with van der Waals surface area (Å²) in [7, 11) is 1.45. The molecule has 0 aliphatic heterocycles. The molecule has 0 aliphatic carbocycles. The lowest BCUT2D eigenvalue weighted by Gasteiger charge is -2.16. The first-order valence-electron chi connectivity index (χ1n) is 8.90. The van der Waals surface area contributed by atoms with Gasteiger partial charge in [0.15, 0.2) is 0 Å². The predicted octanol–water partition coefficient (Wildman–Crippen LogP) is 4.11.